The van der Waals surface area contributed by atoms with E-state index in [1.54, 1.807) is 11.3 Å². The Morgan fingerprint density at radius 1 is 1.50 bits per heavy atom. The molecule has 0 saturated heterocycles. The Bertz CT molecular complexity index is 495. The van der Waals surface area contributed by atoms with E-state index >= 15 is 0 Å². The van der Waals surface area contributed by atoms with Gasteiger partial charge in [-0.2, -0.15) is 11.3 Å². The summed E-state index contributed by atoms with van der Waals surface area (Å²) in [6.45, 7) is 2.26. The van der Waals surface area contributed by atoms with Crippen molar-refractivity contribution in [2.45, 2.75) is 13.0 Å². The third-order valence-electron chi connectivity index (χ3n) is 2.45. The van der Waals surface area contributed by atoms with Gasteiger partial charge in [0, 0.05) is 6.54 Å². The Balaban J connectivity index is 1.64. The number of thiophene rings is 1. The molecule has 6 nitrogen and oxygen atoms in total. The van der Waals surface area contributed by atoms with E-state index < -0.39 is 5.97 Å². The second-order valence-electron chi connectivity index (χ2n) is 3.80. The first-order valence-electron chi connectivity index (χ1n) is 5.61. The van der Waals surface area contributed by atoms with Crippen molar-refractivity contribution < 1.29 is 9.90 Å². The van der Waals surface area contributed by atoms with Crippen molar-refractivity contribution in [1.82, 2.24) is 20.3 Å². The summed E-state index contributed by atoms with van der Waals surface area (Å²) < 4.78 is 1.53. The van der Waals surface area contributed by atoms with Gasteiger partial charge >= 0.3 is 5.97 Å². The van der Waals surface area contributed by atoms with Gasteiger partial charge in [0.05, 0.1) is 12.7 Å². The van der Waals surface area contributed by atoms with Crippen LogP contribution in [0.1, 0.15) is 16.1 Å². The number of nitrogens with one attached hydrogen (secondary N) is 1. The molecule has 0 amide bonds. The number of hydrogen-bond acceptors (Lipinski definition) is 5. The predicted molar refractivity (Wildman–Crippen MR) is 67.9 cm³/mol. The highest BCUT2D eigenvalue weighted by Gasteiger charge is 2.07. The molecule has 0 bridgehead atoms. The summed E-state index contributed by atoms with van der Waals surface area (Å²) in [6, 6.07) is 2.11. The number of rotatable bonds is 7. The molecule has 0 aromatic carbocycles. The van der Waals surface area contributed by atoms with Crippen molar-refractivity contribution in [2.75, 3.05) is 13.1 Å². The zero-order valence-electron chi connectivity index (χ0n) is 9.74. The molecule has 0 spiro atoms. The monoisotopic (exact) mass is 266 g/mol. The number of aromatic carboxylic acids is 1. The van der Waals surface area contributed by atoms with Crippen LogP contribution in [0.15, 0.2) is 23.0 Å². The fourth-order valence-electron chi connectivity index (χ4n) is 1.49. The lowest BCUT2D eigenvalue weighted by Crippen LogP contribution is -2.22. The van der Waals surface area contributed by atoms with Crippen molar-refractivity contribution in [3.63, 3.8) is 0 Å². The van der Waals surface area contributed by atoms with E-state index in [1.165, 1.54) is 16.4 Å². The Kier molecular flexibility index (Phi) is 4.43. The van der Waals surface area contributed by atoms with Crippen LogP contribution in [-0.2, 0) is 13.0 Å². The Labute approximate surface area is 108 Å². The lowest BCUT2D eigenvalue weighted by molar-refractivity contribution is 0.0690. The van der Waals surface area contributed by atoms with Gasteiger partial charge < -0.3 is 10.4 Å². The molecule has 0 radical (unpaired) electrons. The quantitative estimate of drug-likeness (QED) is 0.727. The maximum Gasteiger partial charge on any atom is 0.358 e. The van der Waals surface area contributed by atoms with Gasteiger partial charge in [-0.25, -0.2) is 4.79 Å². The molecule has 2 rings (SSSR count). The number of hydrogen-bond donors (Lipinski definition) is 2. The smallest absolute Gasteiger partial charge is 0.358 e. The first-order chi connectivity index (χ1) is 8.75. The van der Waals surface area contributed by atoms with E-state index in [4.69, 9.17) is 5.11 Å². The third kappa shape index (κ3) is 3.64. The first kappa shape index (κ1) is 12.7. The highest BCUT2D eigenvalue weighted by Crippen LogP contribution is 2.05. The SMILES string of the molecule is O=C(O)c1cn(CCNCCc2ccsc2)nn1. The topological polar surface area (TPSA) is 80.0 Å². The summed E-state index contributed by atoms with van der Waals surface area (Å²) in [7, 11) is 0. The van der Waals surface area contributed by atoms with Crippen molar-refractivity contribution in [3.8, 4) is 0 Å². The molecular formula is C11H14N4O2S. The minimum absolute atomic E-state index is 0.0201. The van der Waals surface area contributed by atoms with E-state index in [0.717, 1.165) is 19.5 Å². The van der Waals surface area contributed by atoms with Gasteiger partial charge in [-0.15, -0.1) is 5.10 Å². The molecule has 0 fully saturated rings. The highest BCUT2D eigenvalue weighted by molar-refractivity contribution is 7.07. The van der Waals surface area contributed by atoms with Gasteiger partial charge in [0.15, 0.2) is 5.69 Å². The first-order valence-corrected chi connectivity index (χ1v) is 6.55. The molecule has 0 unspecified atom stereocenters. The Morgan fingerprint density at radius 3 is 3.06 bits per heavy atom. The van der Waals surface area contributed by atoms with Crippen LogP contribution in [0.2, 0.25) is 0 Å². The minimum atomic E-state index is -1.05. The summed E-state index contributed by atoms with van der Waals surface area (Å²) in [5.41, 5.74) is 1.31. The summed E-state index contributed by atoms with van der Waals surface area (Å²) >= 11 is 1.70. The molecule has 0 aliphatic heterocycles. The van der Waals surface area contributed by atoms with E-state index in [0.29, 0.717) is 6.54 Å². The molecule has 96 valence electrons. The normalized spacial score (nSPS) is 10.7. The number of aromatic nitrogens is 3. The molecule has 2 N–H and O–H groups in total. The van der Waals surface area contributed by atoms with E-state index in [2.05, 4.69) is 32.5 Å². The van der Waals surface area contributed by atoms with E-state index in [1.807, 2.05) is 0 Å². The highest BCUT2D eigenvalue weighted by atomic mass is 32.1. The molecule has 7 heteroatoms. The fourth-order valence-corrected chi connectivity index (χ4v) is 2.20. The van der Waals surface area contributed by atoms with Crippen LogP contribution in [0.5, 0.6) is 0 Å². The molecule has 0 atom stereocenters. The average Bonchev–Trinajstić information content (AvgIpc) is 2.98. The third-order valence-corrected chi connectivity index (χ3v) is 3.18. The molecule has 0 aliphatic carbocycles. The van der Waals surface area contributed by atoms with E-state index in [9.17, 15) is 4.79 Å². The van der Waals surface area contributed by atoms with Crippen molar-refractivity contribution in [2.24, 2.45) is 0 Å². The summed E-state index contributed by atoms with van der Waals surface area (Å²) in [5.74, 6) is -1.05. The fraction of sp³-hybridized carbons (Fsp3) is 0.364. The lowest BCUT2D eigenvalue weighted by Gasteiger charge is -2.03. The maximum absolute atomic E-state index is 10.6. The Hall–Kier alpha value is -1.73. The van der Waals surface area contributed by atoms with Crippen LogP contribution in [-0.4, -0.2) is 39.2 Å². The zero-order valence-corrected chi connectivity index (χ0v) is 10.6. The van der Waals surface area contributed by atoms with Gasteiger partial charge in [0.1, 0.15) is 0 Å². The lowest BCUT2D eigenvalue weighted by atomic mass is 10.2. The van der Waals surface area contributed by atoms with Gasteiger partial charge in [0.2, 0.25) is 0 Å². The van der Waals surface area contributed by atoms with Gasteiger partial charge in [0.25, 0.3) is 0 Å². The van der Waals surface area contributed by atoms with Gasteiger partial charge in [-0.3, -0.25) is 4.68 Å². The van der Waals surface area contributed by atoms with Gasteiger partial charge in [-0.1, -0.05) is 5.21 Å². The summed E-state index contributed by atoms with van der Waals surface area (Å²) in [4.78, 5) is 10.6. The van der Waals surface area contributed by atoms with Crippen molar-refractivity contribution in [3.05, 3.63) is 34.3 Å². The summed E-state index contributed by atoms with van der Waals surface area (Å²) in [5, 5.41) is 23.4. The van der Waals surface area contributed by atoms with Gasteiger partial charge in [-0.05, 0) is 35.4 Å². The standard InChI is InChI=1S/C11H14N4O2S/c16-11(17)10-7-15(14-13-10)5-4-12-3-1-9-2-6-18-8-9/h2,6-8,12H,1,3-5H2,(H,16,17). The Morgan fingerprint density at radius 2 is 2.39 bits per heavy atom. The second kappa shape index (κ2) is 6.27. The largest absolute Gasteiger partial charge is 0.476 e. The minimum Gasteiger partial charge on any atom is -0.476 e. The number of nitrogens with zero attached hydrogens (tertiary/aromatic N) is 3. The van der Waals surface area contributed by atoms with Crippen LogP contribution >= 0.6 is 11.3 Å². The molecule has 2 aromatic heterocycles. The second-order valence-corrected chi connectivity index (χ2v) is 4.58. The van der Waals surface area contributed by atoms with Crippen LogP contribution in [0.25, 0.3) is 0 Å². The summed E-state index contributed by atoms with van der Waals surface area (Å²) in [6.07, 6.45) is 2.43. The molecule has 0 saturated carbocycles. The maximum atomic E-state index is 10.6. The molecule has 2 heterocycles. The van der Waals surface area contributed by atoms with Crippen LogP contribution in [0, 0.1) is 0 Å². The number of carbonyl (C=O) groups is 1. The van der Waals surface area contributed by atoms with E-state index in [-0.39, 0.29) is 5.69 Å². The predicted octanol–water partition coefficient (Wildman–Crippen LogP) is 0.870. The zero-order chi connectivity index (χ0) is 12.8. The van der Waals surface area contributed by atoms with Crippen LogP contribution in [0.4, 0.5) is 0 Å². The number of carboxylic acid groups (broad SMARTS) is 1. The molecule has 2 aromatic rings. The molecule has 0 aliphatic rings. The van der Waals surface area contributed by atoms with Crippen LogP contribution in [0.3, 0.4) is 0 Å². The van der Waals surface area contributed by atoms with Crippen molar-refractivity contribution >= 4 is 17.3 Å². The molecular weight excluding hydrogens is 252 g/mol. The number of carboxylic acids is 1. The molecule has 18 heavy (non-hydrogen) atoms. The van der Waals surface area contributed by atoms with Crippen molar-refractivity contribution in [1.29, 1.82) is 0 Å². The average molecular weight is 266 g/mol. The van der Waals surface area contributed by atoms with Crippen LogP contribution < -0.4 is 5.32 Å².